The summed E-state index contributed by atoms with van der Waals surface area (Å²) in [5.41, 5.74) is 2.29. The first-order valence-electron chi connectivity index (χ1n) is 5.19. The molecule has 1 rings (SSSR count). The van der Waals surface area contributed by atoms with Crippen molar-refractivity contribution >= 4 is 15.9 Å². The maximum atomic E-state index is 13.9. The highest BCUT2D eigenvalue weighted by atomic mass is 79.9. The molecule has 0 amide bonds. The van der Waals surface area contributed by atoms with Crippen LogP contribution in [0.25, 0.3) is 0 Å². The van der Waals surface area contributed by atoms with Crippen molar-refractivity contribution in [3.63, 3.8) is 0 Å². The molecule has 0 bridgehead atoms. The molecule has 0 saturated carbocycles. The van der Waals surface area contributed by atoms with Gasteiger partial charge in [0.15, 0.2) is 0 Å². The van der Waals surface area contributed by atoms with Crippen LogP contribution in [0.15, 0.2) is 16.6 Å². The minimum atomic E-state index is -0.734. The number of benzene rings is 1. The monoisotopic (exact) mass is 308 g/mol. The molecular formula is C11H15BrF2N2O. The van der Waals surface area contributed by atoms with Crippen LogP contribution >= 0.6 is 15.9 Å². The maximum Gasteiger partial charge on any atom is 0.145 e. The van der Waals surface area contributed by atoms with Crippen molar-refractivity contribution in [2.45, 2.75) is 25.5 Å². The quantitative estimate of drug-likeness (QED) is 0.499. The lowest BCUT2D eigenvalue weighted by Crippen LogP contribution is -2.38. The van der Waals surface area contributed by atoms with Crippen LogP contribution in [-0.4, -0.2) is 13.2 Å². The van der Waals surface area contributed by atoms with Crippen LogP contribution < -0.4 is 11.3 Å². The van der Waals surface area contributed by atoms with Gasteiger partial charge in [0.1, 0.15) is 11.6 Å². The van der Waals surface area contributed by atoms with Crippen molar-refractivity contribution < 1.29 is 13.5 Å². The number of methoxy groups -OCH3 is 1. The highest BCUT2D eigenvalue weighted by Gasteiger charge is 2.27. The van der Waals surface area contributed by atoms with Crippen LogP contribution in [0.4, 0.5) is 8.78 Å². The minimum absolute atomic E-state index is 0.115. The molecule has 3 nitrogen and oxygen atoms in total. The third-order valence-electron chi connectivity index (χ3n) is 2.65. The number of hydrogen-bond donors (Lipinski definition) is 2. The zero-order valence-corrected chi connectivity index (χ0v) is 11.2. The van der Waals surface area contributed by atoms with Crippen LogP contribution in [0.2, 0.25) is 0 Å². The third kappa shape index (κ3) is 3.01. The molecule has 96 valence electrons. The van der Waals surface area contributed by atoms with Gasteiger partial charge in [-0.3, -0.25) is 11.3 Å². The topological polar surface area (TPSA) is 47.3 Å². The van der Waals surface area contributed by atoms with E-state index in [9.17, 15) is 8.78 Å². The molecule has 6 heteroatoms. The first-order chi connectivity index (χ1) is 8.06. The summed E-state index contributed by atoms with van der Waals surface area (Å²) in [6.45, 7) is 1.85. The largest absolute Gasteiger partial charge is 0.379 e. The molecule has 0 heterocycles. The van der Waals surface area contributed by atoms with E-state index < -0.39 is 23.8 Å². The van der Waals surface area contributed by atoms with Gasteiger partial charge in [-0.1, -0.05) is 6.92 Å². The molecule has 1 aromatic carbocycles. The van der Waals surface area contributed by atoms with Crippen LogP contribution in [-0.2, 0) is 4.74 Å². The lowest BCUT2D eigenvalue weighted by atomic mass is 9.99. The molecule has 0 aromatic heterocycles. The van der Waals surface area contributed by atoms with Gasteiger partial charge in [-0.25, -0.2) is 8.78 Å². The van der Waals surface area contributed by atoms with Crippen LogP contribution in [0.1, 0.15) is 24.9 Å². The Bertz CT molecular complexity index is 386. The van der Waals surface area contributed by atoms with Gasteiger partial charge in [-0.15, -0.1) is 0 Å². The van der Waals surface area contributed by atoms with E-state index in [-0.39, 0.29) is 10.0 Å². The molecule has 1 aromatic rings. The number of nitrogens with one attached hydrogen (secondary N) is 1. The fourth-order valence-corrected chi connectivity index (χ4v) is 2.09. The molecule has 0 aliphatic carbocycles. The van der Waals surface area contributed by atoms with Crippen molar-refractivity contribution in [3.8, 4) is 0 Å². The molecule has 0 aliphatic heterocycles. The van der Waals surface area contributed by atoms with Gasteiger partial charge < -0.3 is 4.74 Å². The molecular weight excluding hydrogens is 294 g/mol. The Balaban J connectivity index is 3.24. The summed E-state index contributed by atoms with van der Waals surface area (Å²) >= 11 is 3.02. The van der Waals surface area contributed by atoms with Gasteiger partial charge in [0.05, 0.1) is 16.6 Å². The van der Waals surface area contributed by atoms with Gasteiger partial charge in [0.2, 0.25) is 0 Å². The van der Waals surface area contributed by atoms with Gasteiger partial charge >= 0.3 is 0 Å². The second kappa shape index (κ2) is 6.39. The predicted octanol–water partition coefficient (Wildman–Crippen LogP) is 2.66. The van der Waals surface area contributed by atoms with Crippen molar-refractivity contribution in [3.05, 3.63) is 33.8 Å². The molecule has 0 aliphatic rings. The molecule has 0 fully saturated rings. The zero-order chi connectivity index (χ0) is 13.0. The van der Waals surface area contributed by atoms with E-state index in [0.29, 0.717) is 6.42 Å². The van der Waals surface area contributed by atoms with Crippen molar-refractivity contribution in [2.75, 3.05) is 7.11 Å². The lowest BCUT2D eigenvalue weighted by Gasteiger charge is -2.25. The molecule has 0 radical (unpaired) electrons. The average molecular weight is 309 g/mol. The van der Waals surface area contributed by atoms with Crippen molar-refractivity contribution in [2.24, 2.45) is 5.84 Å². The van der Waals surface area contributed by atoms with E-state index in [1.807, 2.05) is 6.92 Å². The van der Waals surface area contributed by atoms with Crippen LogP contribution in [0.3, 0.4) is 0 Å². The zero-order valence-electron chi connectivity index (χ0n) is 9.64. The molecule has 2 unspecified atom stereocenters. The Morgan fingerprint density at radius 2 is 2.12 bits per heavy atom. The summed E-state index contributed by atoms with van der Waals surface area (Å²) in [5.74, 6) is 4.05. The van der Waals surface area contributed by atoms with Gasteiger partial charge in [-0.05, 0) is 34.5 Å². The van der Waals surface area contributed by atoms with E-state index in [1.165, 1.54) is 19.2 Å². The highest BCUT2D eigenvalue weighted by molar-refractivity contribution is 9.10. The van der Waals surface area contributed by atoms with E-state index >= 15 is 0 Å². The van der Waals surface area contributed by atoms with E-state index in [1.54, 1.807) is 0 Å². The fourth-order valence-electron chi connectivity index (χ4n) is 1.74. The Morgan fingerprint density at radius 1 is 1.47 bits per heavy atom. The molecule has 0 saturated heterocycles. The molecule has 17 heavy (non-hydrogen) atoms. The fraction of sp³-hybridized carbons (Fsp3) is 0.455. The normalized spacial score (nSPS) is 14.7. The van der Waals surface area contributed by atoms with Gasteiger partial charge in [0.25, 0.3) is 0 Å². The summed E-state index contributed by atoms with van der Waals surface area (Å²) in [6.07, 6.45) is 0.176. The molecule has 0 spiro atoms. The Morgan fingerprint density at radius 3 is 2.59 bits per heavy atom. The predicted molar refractivity (Wildman–Crippen MR) is 65.2 cm³/mol. The number of ether oxygens (including phenoxy) is 1. The second-order valence-electron chi connectivity index (χ2n) is 3.58. The number of nitrogens with two attached hydrogens (primary N) is 1. The lowest BCUT2D eigenvalue weighted by molar-refractivity contribution is 0.0626. The number of hydrogen-bond acceptors (Lipinski definition) is 3. The van der Waals surface area contributed by atoms with E-state index in [2.05, 4.69) is 21.4 Å². The Hall–Kier alpha value is -0.560. The molecule has 2 atom stereocenters. The Labute approximate surface area is 107 Å². The minimum Gasteiger partial charge on any atom is -0.379 e. The van der Waals surface area contributed by atoms with Gasteiger partial charge in [-0.2, -0.15) is 0 Å². The van der Waals surface area contributed by atoms with Crippen molar-refractivity contribution in [1.29, 1.82) is 0 Å². The summed E-state index contributed by atoms with van der Waals surface area (Å²) < 4.78 is 32.9. The summed E-state index contributed by atoms with van der Waals surface area (Å²) in [4.78, 5) is 0. The Kier molecular flexibility index (Phi) is 5.45. The number of hydrazine groups is 1. The SMILES string of the molecule is CCC(OC)C(NN)c1c(F)ccc(Br)c1F. The first kappa shape index (κ1) is 14.5. The van der Waals surface area contributed by atoms with E-state index in [4.69, 9.17) is 10.6 Å². The maximum absolute atomic E-state index is 13.9. The van der Waals surface area contributed by atoms with Gasteiger partial charge in [0, 0.05) is 12.7 Å². The molecule has 3 N–H and O–H groups in total. The highest BCUT2D eigenvalue weighted by Crippen LogP contribution is 2.29. The third-order valence-corrected chi connectivity index (χ3v) is 3.26. The number of halogens is 3. The summed E-state index contributed by atoms with van der Waals surface area (Å²) in [7, 11) is 1.48. The summed E-state index contributed by atoms with van der Waals surface area (Å²) in [6, 6.07) is 1.77. The standard InChI is InChI=1S/C11H15BrF2N2O/c1-3-8(17-2)11(16-15)9-7(13)5-4-6(12)10(9)14/h4-5,8,11,16H,3,15H2,1-2H3. The van der Waals surface area contributed by atoms with Crippen LogP contribution in [0.5, 0.6) is 0 Å². The van der Waals surface area contributed by atoms with Crippen LogP contribution in [0, 0.1) is 11.6 Å². The summed E-state index contributed by atoms with van der Waals surface area (Å²) in [5, 5.41) is 0. The first-order valence-corrected chi connectivity index (χ1v) is 5.98. The average Bonchev–Trinajstić information content (AvgIpc) is 2.33. The number of rotatable bonds is 5. The smallest absolute Gasteiger partial charge is 0.145 e. The van der Waals surface area contributed by atoms with E-state index in [0.717, 1.165) is 0 Å². The van der Waals surface area contributed by atoms with Crippen molar-refractivity contribution in [1.82, 2.24) is 5.43 Å². The second-order valence-corrected chi connectivity index (χ2v) is 4.44.